The molecule has 3 aromatic rings. The van der Waals surface area contributed by atoms with Gasteiger partial charge in [0.25, 0.3) is 0 Å². The lowest BCUT2D eigenvalue weighted by Gasteiger charge is -2.39. The minimum absolute atomic E-state index is 0.0229. The van der Waals surface area contributed by atoms with Crippen molar-refractivity contribution in [2.75, 3.05) is 31.5 Å². The highest BCUT2D eigenvalue weighted by Crippen LogP contribution is 2.29. The average molecular weight is 478 g/mol. The van der Waals surface area contributed by atoms with Crippen molar-refractivity contribution in [2.24, 2.45) is 0 Å². The third kappa shape index (κ3) is 6.27. The van der Waals surface area contributed by atoms with Crippen LogP contribution in [0.3, 0.4) is 0 Å². The van der Waals surface area contributed by atoms with Crippen molar-refractivity contribution in [1.29, 1.82) is 0 Å². The molecule has 0 atom stereocenters. The standard InChI is InChI=1S/C26H31N5O2S/c1-2-9-23-28-29-26(34-23)27-22(32)14-15-24(33)30-16-18-31(19-17-30)25(20-10-5-3-6-11-20)21-12-7-4-8-13-21/h3-8,10-13,25H,2,9,14-19H2,1H3,(H,27,29,32). The lowest BCUT2D eigenvalue weighted by atomic mass is 9.96. The minimum Gasteiger partial charge on any atom is -0.340 e. The maximum absolute atomic E-state index is 12.8. The molecule has 0 radical (unpaired) electrons. The molecule has 34 heavy (non-hydrogen) atoms. The molecule has 2 heterocycles. The Labute approximate surface area is 204 Å². The molecule has 178 valence electrons. The number of nitrogens with zero attached hydrogens (tertiary/aromatic N) is 4. The molecule has 0 spiro atoms. The molecule has 1 fully saturated rings. The summed E-state index contributed by atoms with van der Waals surface area (Å²) in [7, 11) is 0. The number of hydrogen-bond acceptors (Lipinski definition) is 6. The largest absolute Gasteiger partial charge is 0.340 e. The first-order valence-electron chi connectivity index (χ1n) is 11.9. The fourth-order valence-corrected chi connectivity index (χ4v) is 5.15. The summed E-state index contributed by atoms with van der Waals surface area (Å²) in [4.78, 5) is 29.3. The molecule has 8 heteroatoms. The summed E-state index contributed by atoms with van der Waals surface area (Å²) in [5, 5.41) is 12.2. The second-order valence-corrected chi connectivity index (χ2v) is 9.50. The maximum Gasteiger partial charge on any atom is 0.226 e. The second kappa shape index (κ2) is 11.9. The van der Waals surface area contributed by atoms with Crippen LogP contribution >= 0.6 is 11.3 Å². The van der Waals surface area contributed by atoms with Crippen LogP contribution in [0.1, 0.15) is 48.4 Å². The van der Waals surface area contributed by atoms with Crippen LogP contribution in [-0.2, 0) is 16.0 Å². The van der Waals surface area contributed by atoms with E-state index in [-0.39, 0.29) is 30.7 Å². The third-order valence-electron chi connectivity index (χ3n) is 6.01. The van der Waals surface area contributed by atoms with E-state index in [1.54, 1.807) is 0 Å². The van der Waals surface area contributed by atoms with E-state index in [1.165, 1.54) is 22.5 Å². The van der Waals surface area contributed by atoms with Crippen molar-refractivity contribution in [3.8, 4) is 0 Å². The highest BCUT2D eigenvalue weighted by atomic mass is 32.1. The van der Waals surface area contributed by atoms with E-state index in [0.717, 1.165) is 30.9 Å². The zero-order valence-electron chi connectivity index (χ0n) is 19.5. The first-order chi connectivity index (χ1) is 16.6. The fourth-order valence-electron chi connectivity index (χ4n) is 4.29. The number of amides is 2. The van der Waals surface area contributed by atoms with E-state index in [9.17, 15) is 9.59 Å². The number of benzene rings is 2. The zero-order valence-corrected chi connectivity index (χ0v) is 20.3. The highest BCUT2D eigenvalue weighted by Gasteiger charge is 2.28. The smallest absolute Gasteiger partial charge is 0.226 e. The second-order valence-electron chi connectivity index (χ2n) is 8.44. The molecule has 4 rings (SSSR count). The fraction of sp³-hybridized carbons (Fsp3) is 0.385. The van der Waals surface area contributed by atoms with Gasteiger partial charge in [0, 0.05) is 45.4 Å². The van der Waals surface area contributed by atoms with Crippen molar-refractivity contribution in [1.82, 2.24) is 20.0 Å². The number of piperazine rings is 1. The summed E-state index contributed by atoms with van der Waals surface area (Å²) < 4.78 is 0. The first-order valence-corrected chi connectivity index (χ1v) is 12.7. The lowest BCUT2D eigenvalue weighted by molar-refractivity contribution is -0.134. The Hall–Kier alpha value is -3.10. The van der Waals surface area contributed by atoms with Gasteiger partial charge in [0.1, 0.15) is 5.01 Å². The summed E-state index contributed by atoms with van der Waals surface area (Å²) in [6.45, 7) is 4.98. The molecule has 7 nitrogen and oxygen atoms in total. The van der Waals surface area contributed by atoms with Crippen LogP contribution in [0, 0.1) is 0 Å². The molecule has 0 unspecified atom stereocenters. The molecule has 1 aromatic heterocycles. The SMILES string of the molecule is CCCc1nnc(NC(=O)CCC(=O)N2CCN(C(c3ccccc3)c3ccccc3)CC2)s1. The number of rotatable bonds is 9. The average Bonchev–Trinajstić information content (AvgIpc) is 3.31. The van der Waals surface area contributed by atoms with Crippen LogP contribution in [0.5, 0.6) is 0 Å². The van der Waals surface area contributed by atoms with E-state index < -0.39 is 0 Å². The molecule has 0 bridgehead atoms. The Morgan fingerprint density at radius 1 is 0.912 bits per heavy atom. The van der Waals surface area contributed by atoms with Crippen molar-refractivity contribution in [3.63, 3.8) is 0 Å². The first kappa shape index (κ1) is 24.0. The topological polar surface area (TPSA) is 78.4 Å². The van der Waals surface area contributed by atoms with Gasteiger partial charge in [-0.25, -0.2) is 0 Å². The highest BCUT2D eigenvalue weighted by molar-refractivity contribution is 7.15. The van der Waals surface area contributed by atoms with E-state index >= 15 is 0 Å². The van der Waals surface area contributed by atoms with E-state index in [2.05, 4.69) is 75.9 Å². The van der Waals surface area contributed by atoms with Gasteiger partial charge in [-0.1, -0.05) is 78.9 Å². The van der Waals surface area contributed by atoms with Gasteiger partial charge >= 0.3 is 0 Å². The Morgan fingerprint density at radius 2 is 1.53 bits per heavy atom. The molecule has 1 aliphatic heterocycles. The molecule has 0 saturated carbocycles. The Morgan fingerprint density at radius 3 is 2.12 bits per heavy atom. The van der Waals surface area contributed by atoms with E-state index in [1.807, 2.05) is 17.0 Å². The molecule has 1 saturated heterocycles. The molecule has 2 aromatic carbocycles. The Bertz CT molecular complexity index is 1030. The molecular weight excluding hydrogens is 446 g/mol. The van der Waals surface area contributed by atoms with Crippen molar-refractivity contribution in [3.05, 3.63) is 76.8 Å². The van der Waals surface area contributed by atoms with Gasteiger partial charge in [-0.2, -0.15) is 0 Å². The van der Waals surface area contributed by atoms with Gasteiger partial charge in [-0.3, -0.25) is 14.5 Å². The van der Waals surface area contributed by atoms with E-state index in [4.69, 9.17) is 0 Å². The van der Waals surface area contributed by atoms with Gasteiger partial charge in [0.2, 0.25) is 16.9 Å². The molecule has 2 amide bonds. The lowest BCUT2D eigenvalue weighted by Crippen LogP contribution is -2.49. The summed E-state index contributed by atoms with van der Waals surface area (Å²) in [5.41, 5.74) is 2.51. The van der Waals surface area contributed by atoms with Crippen molar-refractivity contribution in [2.45, 2.75) is 38.6 Å². The van der Waals surface area contributed by atoms with Crippen LogP contribution in [0.4, 0.5) is 5.13 Å². The Balaban J connectivity index is 1.29. The van der Waals surface area contributed by atoms with Gasteiger partial charge in [-0.15, -0.1) is 10.2 Å². The number of hydrogen-bond donors (Lipinski definition) is 1. The monoisotopic (exact) mass is 477 g/mol. The zero-order chi connectivity index (χ0) is 23.8. The summed E-state index contributed by atoms with van der Waals surface area (Å²) >= 11 is 1.39. The normalized spacial score (nSPS) is 14.4. The number of aromatic nitrogens is 2. The summed E-state index contributed by atoms with van der Waals surface area (Å²) in [5.74, 6) is -0.172. The van der Waals surface area contributed by atoms with Gasteiger partial charge < -0.3 is 10.2 Å². The van der Waals surface area contributed by atoms with Gasteiger partial charge in [-0.05, 0) is 17.5 Å². The number of anilines is 1. The molecule has 0 aliphatic carbocycles. The van der Waals surface area contributed by atoms with Gasteiger partial charge in [0.15, 0.2) is 0 Å². The van der Waals surface area contributed by atoms with Crippen LogP contribution in [0.2, 0.25) is 0 Å². The molecule has 1 N–H and O–H groups in total. The minimum atomic E-state index is -0.195. The number of aryl methyl sites for hydroxylation is 1. The van der Waals surface area contributed by atoms with Crippen molar-refractivity contribution < 1.29 is 9.59 Å². The summed E-state index contributed by atoms with van der Waals surface area (Å²) in [6.07, 6.45) is 2.20. The Kier molecular flexibility index (Phi) is 8.38. The quantitative estimate of drug-likeness (QED) is 0.501. The summed E-state index contributed by atoms with van der Waals surface area (Å²) in [6, 6.07) is 21.2. The third-order valence-corrected chi connectivity index (χ3v) is 6.90. The number of carbonyl (C=O) groups is 2. The van der Waals surface area contributed by atoms with E-state index in [0.29, 0.717) is 18.2 Å². The van der Waals surface area contributed by atoms with Crippen LogP contribution < -0.4 is 5.32 Å². The number of nitrogens with one attached hydrogen (secondary N) is 1. The molecular formula is C26H31N5O2S. The van der Waals surface area contributed by atoms with Crippen LogP contribution in [0.15, 0.2) is 60.7 Å². The van der Waals surface area contributed by atoms with Gasteiger partial charge in [0.05, 0.1) is 6.04 Å². The van der Waals surface area contributed by atoms with Crippen LogP contribution in [-0.4, -0.2) is 58.0 Å². The predicted octanol–water partition coefficient (Wildman–Crippen LogP) is 4.14. The van der Waals surface area contributed by atoms with Crippen LogP contribution in [0.25, 0.3) is 0 Å². The molecule has 1 aliphatic rings. The number of carbonyl (C=O) groups excluding carboxylic acids is 2. The van der Waals surface area contributed by atoms with Crippen molar-refractivity contribution >= 4 is 28.3 Å². The predicted molar refractivity (Wildman–Crippen MR) is 135 cm³/mol. The maximum atomic E-state index is 12.8.